The van der Waals surface area contributed by atoms with Crippen LogP contribution in [0.25, 0.3) is 6.08 Å². The van der Waals surface area contributed by atoms with Crippen LogP contribution in [0.4, 0.5) is 5.69 Å². The smallest absolute Gasteiger partial charge is 0.331 e. The monoisotopic (exact) mass is 368 g/mol. The summed E-state index contributed by atoms with van der Waals surface area (Å²) in [4.78, 5) is 35.1. The fourth-order valence-corrected chi connectivity index (χ4v) is 2.19. The molecule has 0 saturated carbocycles. The van der Waals surface area contributed by atoms with Gasteiger partial charge in [-0.2, -0.15) is 0 Å². The van der Waals surface area contributed by atoms with Crippen molar-refractivity contribution in [3.8, 4) is 5.75 Å². The summed E-state index contributed by atoms with van der Waals surface area (Å²) in [7, 11) is 1.54. The van der Waals surface area contributed by atoms with E-state index in [0.29, 0.717) is 22.6 Å². The van der Waals surface area contributed by atoms with E-state index in [0.717, 1.165) is 0 Å². The van der Waals surface area contributed by atoms with Gasteiger partial charge in [0.2, 0.25) is 5.91 Å². The lowest BCUT2D eigenvalue weighted by Crippen LogP contribution is -2.29. The molecule has 0 aliphatic rings. The van der Waals surface area contributed by atoms with Crippen molar-refractivity contribution in [1.82, 2.24) is 0 Å². The predicted octanol–water partition coefficient (Wildman–Crippen LogP) is 2.38. The average Bonchev–Trinajstić information content (AvgIpc) is 2.66. The predicted molar refractivity (Wildman–Crippen MR) is 101 cm³/mol. The van der Waals surface area contributed by atoms with Gasteiger partial charge in [0.15, 0.2) is 6.10 Å². The number of nitrogens with one attached hydrogen (secondary N) is 1. The number of benzene rings is 2. The lowest BCUT2D eigenvalue weighted by atomic mass is 10.2. The summed E-state index contributed by atoms with van der Waals surface area (Å²) in [5.74, 6) is -1.10. The maximum atomic E-state index is 12.1. The van der Waals surface area contributed by atoms with Gasteiger partial charge < -0.3 is 20.5 Å². The summed E-state index contributed by atoms with van der Waals surface area (Å²) >= 11 is 0. The van der Waals surface area contributed by atoms with Crippen molar-refractivity contribution in [2.24, 2.45) is 5.73 Å². The van der Waals surface area contributed by atoms with Crippen LogP contribution < -0.4 is 15.8 Å². The first-order chi connectivity index (χ1) is 12.9. The Morgan fingerprint density at radius 1 is 1.07 bits per heavy atom. The second kappa shape index (κ2) is 9.19. The number of ether oxygens (including phenoxy) is 2. The Morgan fingerprint density at radius 2 is 1.74 bits per heavy atom. The Balaban J connectivity index is 1.92. The molecule has 0 radical (unpaired) electrons. The molecule has 7 heteroatoms. The van der Waals surface area contributed by atoms with Gasteiger partial charge in [-0.1, -0.05) is 18.2 Å². The third kappa shape index (κ3) is 5.71. The number of carbonyl (C=O) groups excluding carboxylic acids is 3. The number of nitrogens with two attached hydrogens (primary N) is 1. The van der Waals surface area contributed by atoms with E-state index in [1.165, 1.54) is 44.4 Å². The van der Waals surface area contributed by atoms with Crippen LogP contribution in [0.3, 0.4) is 0 Å². The molecule has 0 spiro atoms. The molecule has 0 aliphatic heterocycles. The van der Waals surface area contributed by atoms with Crippen molar-refractivity contribution in [2.75, 3.05) is 12.4 Å². The molecule has 2 rings (SSSR count). The molecule has 0 bridgehead atoms. The lowest BCUT2D eigenvalue weighted by molar-refractivity contribution is -0.148. The number of methoxy groups -OCH3 is 1. The minimum Gasteiger partial charge on any atom is -0.496 e. The van der Waals surface area contributed by atoms with Gasteiger partial charge in [-0.3, -0.25) is 9.59 Å². The second-order valence-corrected chi connectivity index (χ2v) is 5.59. The van der Waals surface area contributed by atoms with Crippen LogP contribution in [0.5, 0.6) is 5.75 Å². The molecule has 0 saturated heterocycles. The molecule has 0 unspecified atom stereocenters. The Hall–Kier alpha value is -3.61. The number of primary amides is 1. The Bertz CT molecular complexity index is 859. The number of esters is 1. The zero-order chi connectivity index (χ0) is 19.8. The van der Waals surface area contributed by atoms with Gasteiger partial charge in [-0.25, -0.2) is 4.79 Å². The third-order valence-corrected chi connectivity index (χ3v) is 3.64. The molecule has 2 aromatic rings. The Labute approximate surface area is 156 Å². The molecular formula is C20H20N2O5. The highest BCUT2D eigenvalue weighted by Crippen LogP contribution is 2.18. The molecule has 2 aromatic carbocycles. The van der Waals surface area contributed by atoms with E-state index < -0.39 is 23.9 Å². The van der Waals surface area contributed by atoms with E-state index in [4.69, 9.17) is 15.2 Å². The van der Waals surface area contributed by atoms with Crippen LogP contribution in [0.15, 0.2) is 54.6 Å². The van der Waals surface area contributed by atoms with Crippen molar-refractivity contribution in [3.05, 3.63) is 65.7 Å². The van der Waals surface area contributed by atoms with E-state index in [1.54, 1.807) is 18.2 Å². The van der Waals surface area contributed by atoms with Crippen LogP contribution in [-0.2, 0) is 14.3 Å². The van der Waals surface area contributed by atoms with Crippen LogP contribution in [-0.4, -0.2) is 31.0 Å². The first kappa shape index (κ1) is 19.7. The molecule has 0 aromatic heterocycles. The normalized spacial score (nSPS) is 11.6. The topological polar surface area (TPSA) is 108 Å². The Morgan fingerprint density at radius 3 is 2.37 bits per heavy atom. The minimum absolute atomic E-state index is 0.328. The average molecular weight is 368 g/mol. The highest BCUT2D eigenvalue weighted by molar-refractivity contribution is 5.97. The lowest BCUT2D eigenvalue weighted by Gasteiger charge is -2.12. The van der Waals surface area contributed by atoms with Crippen molar-refractivity contribution in [2.45, 2.75) is 13.0 Å². The second-order valence-electron chi connectivity index (χ2n) is 5.59. The minimum atomic E-state index is -1.00. The number of para-hydroxylation sites is 1. The maximum Gasteiger partial charge on any atom is 0.331 e. The van der Waals surface area contributed by atoms with E-state index in [9.17, 15) is 14.4 Å². The largest absolute Gasteiger partial charge is 0.496 e. The number of anilines is 1. The van der Waals surface area contributed by atoms with E-state index >= 15 is 0 Å². The number of rotatable bonds is 7. The van der Waals surface area contributed by atoms with Gasteiger partial charge in [0.25, 0.3) is 5.91 Å². The van der Waals surface area contributed by atoms with Crippen LogP contribution in [0.2, 0.25) is 0 Å². The fourth-order valence-electron chi connectivity index (χ4n) is 2.19. The molecule has 3 N–H and O–H groups in total. The van der Waals surface area contributed by atoms with Crippen molar-refractivity contribution < 1.29 is 23.9 Å². The quantitative estimate of drug-likeness (QED) is 0.576. The first-order valence-corrected chi connectivity index (χ1v) is 8.13. The van der Waals surface area contributed by atoms with E-state index in [-0.39, 0.29) is 0 Å². The summed E-state index contributed by atoms with van der Waals surface area (Å²) in [6.45, 7) is 1.46. The summed E-state index contributed by atoms with van der Waals surface area (Å²) < 4.78 is 10.3. The zero-order valence-corrected chi connectivity index (χ0v) is 15.0. The summed E-state index contributed by atoms with van der Waals surface area (Å²) in [6, 6.07) is 13.2. The molecule has 0 aliphatic carbocycles. The molecule has 0 heterocycles. The van der Waals surface area contributed by atoms with Crippen LogP contribution >= 0.6 is 0 Å². The first-order valence-electron chi connectivity index (χ1n) is 8.13. The van der Waals surface area contributed by atoms with Crippen LogP contribution in [0.1, 0.15) is 22.8 Å². The van der Waals surface area contributed by atoms with Gasteiger partial charge in [0.1, 0.15) is 5.75 Å². The fraction of sp³-hybridized carbons (Fsp3) is 0.150. The molecule has 1 atom stereocenters. The van der Waals surface area contributed by atoms with Crippen LogP contribution in [0, 0.1) is 0 Å². The highest BCUT2D eigenvalue weighted by Gasteiger charge is 2.17. The van der Waals surface area contributed by atoms with Crippen molar-refractivity contribution in [3.63, 3.8) is 0 Å². The van der Waals surface area contributed by atoms with Gasteiger partial charge in [-0.05, 0) is 43.3 Å². The van der Waals surface area contributed by atoms with Crippen molar-refractivity contribution in [1.29, 1.82) is 0 Å². The van der Waals surface area contributed by atoms with Gasteiger partial charge in [-0.15, -0.1) is 0 Å². The molecule has 7 nitrogen and oxygen atoms in total. The third-order valence-electron chi connectivity index (χ3n) is 3.64. The number of hydrogen-bond acceptors (Lipinski definition) is 5. The standard InChI is InChI=1S/C20H20N2O5/c1-13(20(25)22-16-10-7-15(8-11-16)19(21)24)27-18(23)12-9-14-5-3-4-6-17(14)26-2/h3-13H,1-2H3,(H2,21,24)(H,22,25)/b12-9+/t13-/m1/s1. The van der Waals surface area contributed by atoms with Gasteiger partial charge in [0.05, 0.1) is 7.11 Å². The van der Waals surface area contributed by atoms with Crippen molar-refractivity contribution >= 4 is 29.5 Å². The number of hydrogen-bond donors (Lipinski definition) is 2. The van der Waals surface area contributed by atoms with Gasteiger partial charge in [0, 0.05) is 22.9 Å². The zero-order valence-electron chi connectivity index (χ0n) is 15.0. The highest BCUT2D eigenvalue weighted by atomic mass is 16.5. The maximum absolute atomic E-state index is 12.1. The van der Waals surface area contributed by atoms with E-state index in [1.807, 2.05) is 12.1 Å². The Kier molecular flexibility index (Phi) is 6.71. The molecule has 27 heavy (non-hydrogen) atoms. The summed E-state index contributed by atoms with van der Waals surface area (Å²) in [6.07, 6.45) is 1.77. The van der Waals surface area contributed by atoms with Gasteiger partial charge >= 0.3 is 5.97 Å². The SMILES string of the molecule is COc1ccccc1/C=C/C(=O)O[C@H](C)C(=O)Nc1ccc(C(N)=O)cc1. The number of carbonyl (C=O) groups is 3. The summed E-state index contributed by atoms with van der Waals surface area (Å²) in [5, 5.41) is 2.59. The molecule has 0 fully saturated rings. The summed E-state index contributed by atoms with van der Waals surface area (Å²) in [5.41, 5.74) is 6.65. The molecule has 140 valence electrons. The van der Waals surface area contributed by atoms with E-state index in [2.05, 4.69) is 5.32 Å². The molecular weight excluding hydrogens is 348 g/mol. The molecule has 2 amide bonds. The number of amides is 2.